The van der Waals surface area contributed by atoms with E-state index in [0.717, 1.165) is 26.1 Å². The lowest BCUT2D eigenvalue weighted by Crippen LogP contribution is -2.27. The molecule has 0 amide bonds. The molecule has 0 aromatic carbocycles. The lowest BCUT2D eigenvalue weighted by Gasteiger charge is -2.24. The first-order chi connectivity index (χ1) is 6.83. The fourth-order valence-electron chi connectivity index (χ4n) is 1.00. The van der Waals surface area contributed by atoms with E-state index in [9.17, 15) is 0 Å². The van der Waals surface area contributed by atoms with Crippen LogP contribution in [0.15, 0.2) is 0 Å². The van der Waals surface area contributed by atoms with Gasteiger partial charge in [-0.15, -0.1) is 0 Å². The summed E-state index contributed by atoms with van der Waals surface area (Å²) in [6.07, 6.45) is 2.04. The van der Waals surface area contributed by atoms with E-state index in [0.29, 0.717) is 13.1 Å². The lowest BCUT2D eigenvalue weighted by molar-refractivity contribution is 0.0844. The van der Waals surface area contributed by atoms with E-state index in [1.807, 2.05) is 0 Å². The van der Waals surface area contributed by atoms with Gasteiger partial charge in [-0.05, 0) is 36.8 Å². The van der Waals surface area contributed by atoms with Crippen LogP contribution in [0.1, 0.15) is 40.5 Å². The summed E-state index contributed by atoms with van der Waals surface area (Å²) < 4.78 is 5.60. The Hall–Kier alpha value is -0.120. The minimum Gasteiger partial charge on any atom is -0.381 e. The Morgan fingerprint density at radius 2 is 1.13 bits per heavy atom. The monoisotopic (exact) mass is 216 g/mol. The Morgan fingerprint density at radius 3 is 1.40 bits per heavy atom. The van der Waals surface area contributed by atoms with Crippen LogP contribution in [0.25, 0.3) is 0 Å². The van der Waals surface area contributed by atoms with Crippen LogP contribution in [-0.4, -0.2) is 26.3 Å². The van der Waals surface area contributed by atoms with Crippen LogP contribution in [0, 0.1) is 10.8 Å². The van der Waals surface area contributed by atoms with E-state index in [-0.39, 0.29) is 10.8 Å². The molecule has 0 aromatic heterocycles. The molecular weight excluding hydrogens is 188 g/mol. The van der Waals surface area contributed by atoms with Crippen LogP contribution >= 0.6 is 0 Å². The van der Waals surface area contributed by atoms with Gasteiger partial charge in [0.1, 0.15) is 0 Å². The zero-order valence-corrected chi connectivity index (χ0v) is 10.8. The van der Waals surface area contributed by atoms with Crippen LogP contribution in [0.4, 0.5) is 0 Å². The molecule has 4 N–H and O–H groups in total. The third kappa shape index (κ3) is 7.77. The minimum absolute atomic E-state index is 0.198. The largest absolute Gasteiger partial charge is 0.381 e. The van der Waals surface area contributed by atoms with Crippen molar-refractivity contribution in [2.45, 2.75) is 40.5 Å². The van der Waals surface area contributed by atoms with Crippen LogP contribution in [0.5, 0.6) is 0 Å². The maximum Gasteiger partial charge on any atom is 0.0471 e. The van der Waals surface area contributed by atoms with Gasteiger partial charge in [0.15, 0.2) is 0 Å². The Labute approximate surface area is 94.5 Å². The van der Waals surface area contributed by atoms with Gasteiger partial charge in [0.2, 0.25) is 0 Å². The van der Waals surface area contributed by atoms with Crippen molar-refractivity contribution >= 4 is 0 Å². The summed E-state index contributed by atoms with van der Waals surface area (Å²) >= 11 is 0. The molecule has 0 aromatic rings. The summed E-state index contributed by atoms with van der Waals surface area (Å²) in [4.78, 5) is 0. The first-order valence-electron chi connectivity index (χ1n) is 5.81. The second-order valence-electron chi connectivity index (χ2n) is 5.85. The predicted octanol–water partition coefficient (Wildman–Crippen LogP) is 1.75. The zero-order valence-electron chi connectivity index (χ0n) is 10.8. The van der Waals surface area contributed by atoms with Crippen molar-refractivity contribution < 1.29 is 4.74 Å². The molecule has 0 saturated carbocycles. The van der Waals surface area contributed by atoms with Crippen LogP contribution in [0.3, 0.4) is 0 Å². The van der Waals surface area contributed by atoms with Gasteiger partial charge in [-0.2, -0.15) is 0 Å². The molecule has 0 heterocycles. The van der Waals surface area contributed by atoms with Gasteiger partial charge in [-0.1, -0.05) is 27.7 Å². The average Bonchev–Trinajstić information content (AvgIpc) is 2.17. The molecule has 0 radical (unpaired) electrons. The van der Waals surface area contributed by atoms with E-state index in [2.05, 4.69) is 27.7 Å². The highest BCUT2D eigenvalue weighted by Crippen LogP contribution is 2.20. The van der Waals surface area contributed by atoms with Gasteiger partial charge in [0.25, 0.3) is 0 Å². The van der Waals surface area contributed by atoms with E-state index in [4.69, 9.17) is 16.2 Å². The number of ether oxygens (including phenoxy) is 1. The van der Waals surface area contributed by atoms with Crippen LogP contribution < -0.4 is 11.5 Å². The van der Waals surface area contributed by atoms with E-state index < -0.39 is 0 Å². The predicted molar refractivity (Wildman–Crippen MR) is 65.7 cm³/mol. The average molecular weight is 216 g/mol. The Bertz CT molecular complexity index is 149. The van der Waals surface area contributed by atoms with E-state index >= 15 is 0 Å². The van der Waals surface area contributed by atoms with Gasteiger partial charge in [0.05, 0.1) is 0 Å². The van der Waals surface area contributed by atoms with Gasteiger partial charge in [0, 0.05) is 13.2 Å². The SMILES string of the molecule is CC(C)(CN)CCOCCC(C)(C)CN. The molecular formula is C12H28N2O. The first kappa shape index (κ1) is 14.9. The van der Waals surface area contributed by atoms with Gasteiger partial charge >= 0.3 is 0 Å². The molecule has 3 nitrogen and oxygen atoms in total. The zero-order chi connectivity index (χ0) is 11.9. The highest BCUT2D eigenvalue weighted by atomic mass is 16.5. The molecule has 0 saturated heterocycles. The fraction of sp³-hybridized carbons (Fsp3) is 1.00. The molecule has 0 aliphatic heterocycles. The molecule has 0 aliphatic carbocycles. The molecule has 0 unspecified atom stereocenters. The molecule has 0 aliphatic rings. The van der Waals surface area contributed by atoms with Crippen molar-refractivity contribution in [3.8, 4) is 0 Å². The quantitative estimate of drug-likeness (QED) is 0.608. The summed E-state index contributed by atoms with van der Waals surface area (Å²) in [5.74, 6) is 0. The normalized spacial score (nSPS) is 13.2. The number of hydrogen-bond acceptors (Lipinski definition) is 3. The first-order valence-corrected chi connectivity index (χ1v) is 5.81. The standard InChI is InChI=1S/C12H28N2O/c1-11(2,9-13)5-7-15-8-6-12(3,4)10-14/h5-10,13-14H2,1-4H3. The maximum atomic E-state index is 5.64. The summed E-state index contributed by atoms with van der Waals surface area (Å²) in [5.41, 5.74) is 11.7. The minimum atomic E-state index is 0.198. The second kappa shape index (κ2) is 6.46. The lowest BCUT2D eigenvalue weighted by atomic mass is 9.89. The summed E-state index contributed by atoms with van der Waals surface area (Å²) in [7, 11) is 0. The van der Waals surface area contributed by atoms with Crippen molar-refractivity contribution in [3.05, 3.63) is 0 Å². The fourth-order valence-corrected chi connectivity index (χ4v) is 1.00. The van der Waals surface area contributed by atoms with Crippen LogP contribution in [0.2, 0.25) is 0 Å². The van der Waals surface area contributed by atoms with E-state index in [1.54, 1.807) is 0 Å². The second-order valence-corrected chi connectivity index (χ2v) is 5.85. The Balaban J connectivity index is 3.48. The Morgan fingerprint density at radius 1 is 0.800 bits per heavy atom. The molecule has 92 valence electrons. The molecule has 0 fully saturated rings. The van der Waals surface area contributed by atoms with Crippen molar-refractivity contribution in [2.24, 2.45) is 22.3 Å². The van der Waals surface area contributed by atoms with Crippen molar-refractivity contribution in [2.75, 3.05) is 26.3 Å². The van der Waals surface area contributed by atoms with Gasteiger partial charge in [-0.3, -0.25) is 0 Å². The highest BCUT2D eigenvalue weighted by molar-refractivity contribution is 4.70. The topological polar surface area (TPSA) is 61.3 Å². The van der Waals surface area contributed by atoms with E-state index in [1.165, 1.54) is 0 Å². The van der Waals surface area contributed by atoms with Gasteiger partial charge in [-0.25, -0.2) is 0 Å². The van der Waals surface area contributed by atoms with Crippen molar-refractivity contribution in [1.29, 1.82) is 0 Å². The molecule has 0 atom stereocenters. The number of rotatable bonds is 8. The van der Waals surface area contributed by atoms with Crippen molar-refractivity contribution in [1.82, 2.24) is 0 Å². The third-order valence-corrected chi connectivity index (χ3v) is 2.95. The van der Waals surface area contributed by atoms with Crippen LogP contribution in [-0.2, 0) is 4.74 Å². The Kier molecular flexibility index (Phi) is 6.41. The molecule has 0 bridgehead atoms. The smallest absolute Gasteiger partial charge is 0.0471 e. The third-order valence-electron chi connectivity index (χ3n) is 2.95. The number of nitrogens with two attached hydrogens (primary N) is 2. The highest BCUT2D eigenvalue weighted by Gasteiger charge is 2.17. The maximum absolute atomic E-state index is 5.64. The molecule has 0 rings (SSSR count). The molecule has 0 spiro atoms. The molecule has 3 heteroatoms. The summed E-state index contributed by atoms with van der Waals surface area (Å²) in [6.45, 7) is 11.7. The van der Waals surface area contributed by atoms with Gasteiger partial charge < -0.3 is 16.2 Å². The van der Waals surface area contributed by atoms with Crippen molar-refractivity contribution in [3.63, 3.8) is 0 Å². The number of hydrogen-bond donors (Lipinski definition) is 2. The summed E-state index contributed by atoms with van der Waals surface area (Å²) in [5, 5.41) is 0. The molecule has 15 heavy (non-hydrogen) atoms. The summed E-state index contributed by atoms with van der Waals surface area (Å²) in [6, 6.07) is 0.